The first-order valence-electron chi connectivity index (χ1n) is 5.72. The molecule has 4 heteroatoms. The quantitative estimate of drug-likeness (QED) is 0.680. The molecule has 1 fully saturated rings. The zero-order valence-corrected chi connectivity index (χ0v) is 10.4. The second-order valence-electron chi connectivity index (χ2n) is 5.26. The van der Waals surface area contributed by atoms with E-state index in [1.165, 1.54) is 0 Å². The molecule has 1 aliphatic heterocycles. The minimum Gasteiger partial charge on any atom is -0.388 e. The van der Waals surface area contributed by atoms with Gasteiger partial charge in [0.15, 0.2) is 0 Å². The first-order chi connectivity index (χ1) is 6.85. The van der Waals surface area contributed by atoms with E-state index in [1.54, 1.807) is 6.92 Å². The third kappa shape index (κ3) is 3.41. The van der Waals surface area contributed by atoms with Crippen molar-refractivity contribution in [3.05, 3.63) is 0 Å². The van der Waals surface area contributed by atoms with Gasteiger partial charge in [0.2, 0.25) is 0 Å². The van der Waals surface area contributed by atoms with E-state index >= 15 is 0 Å². The summed E-state index contributed by atoms with van der Waals surface area (Å²) in [6.07, 6.45) is 0. The van der Waals surface area contributed by atoms with Crippen molar-refractivity contribution in [2.75, 3.05) is 33.2 Å². The Hall–Kier alpha value is -0.160. The summed E-state index contributed by atoms with van der Waals surface area (Å²) in [6, 6.07) is 1.09. The molecular formula is C11H25N3O. The third-order valence-corrected chi connectivity index (χ3v) is 3.44. The van der Waals surface area contributed by atoms with Gasteiger partial charge < -0.3 is 10.8 Å². The molecule has 1 rings (SSSR count). The van der Waals surface area contributed by atoms with Gasteiger partial charge >= 0.3 is 0 Å². The van der Waals surface area contributed by atoms with Crippen molar-refractivity contribution in [3.8, 4) is 0 Å². The summed E-state index contributed by atoms with van der Waals surface area (Å²) < 4.78 is 0. The molecule has 1 aliphatic rings. The standard InChI is InChI=1S/C11H25N3O/c1-9-5-14(6-10(2)13(9)4)8-11(3,15)7-12/h9-10,15H,5-8,12H2,1-4H3. The molecule has 0 aromatic heterocycles. The molecule has 90 valence electrons. The molecule has 0 aromatic carbocycles. The molecule has 0 spiro atoms. The zero-order chi connectivity index (χ0) is 11.6. The Morgan fingerprint density at radius 3 is 2.20 bits per heavy atom. The first-order valence-corrected chi connectivity index (χ1v) is 5.72. The zero-order valence-electron chi connectivity index (χ0n) is 10.4. The van der Waals surface area contributed by atoms with Crippen LogP contribution in [0.25, 0.3) is 0 Å². The van der Waals surface area contributed by atoms with Gasteiger partial charge in [-0.3, -0.25) is 9.80 Å². The van der Waals surface area contributed by atoms with E-state index < -0.39 is 5.60 Å². The van der Waals surface area contributed by atoms with Crippen LogP contribution in [0.2, 0.25) is 0 Å². The maximum absolute atomic E-state index is 9.93. The van der Waals surface area contributed by atoms with Gasteiger partial charge in [-0.1, -0.05) is 0 Å². The van der Waals surface area contributed by atoms with E-state index in [2.05, 4.69) is 30.7 Å². The number of nitrogens with two attached hydrogens (primary N) is 1. The molecule has 3 N–H and O–H groups in total. The fourth-order valence-corrected chi connectivity index (χ4v) is 2.19. The predicted molar refractivity (Wildman–Crippen MR) is 62.8 cm³/mol. The van der Waals surface area contributed by atoms with E-state index in [1.807, 2.05) is 0 Å². The smallest absolute Gasteiger partial charge is 0.0867 e. The van der Waals surface area contributed by atoms with Gasteiger partial charge in [-0.05, 0) is 27.8 Å². The minimum absolute atomic E-state index is 0.322. The lowest BCUT2D eigenvalue weighted by molar-refractivity contribution is -0.0119. The van der Waals surface area contributed by atoms with E-state index in [0.717, 1.165) is 13.1 Å². The van der Waals surface area contributed by atoms with E-state index in [0.29, 0.717) is 25.2 Å². The summed E-state index contributed by atoms with van der Waals surface area (Å²) in [5, 5.41) is 9.93. The second kappa shape index (κ2) is 4.78. The Balaban J connectivity index is 2.51. The van der Waals surface area contributed by atoms with Gasteiger partial charge in [-0.15, -0.1) is 0 Å². The molecule has 3 atom stereocenters. The van der Waals surface area contributed by atoms with Crippen LogP contribution in [-0.2, 0) is 0 Å². The Morgan fingerprint density at radius 2 is 1.80 bits per heavy atom. The SMILES string of the molecule is CC1CN(CC(C)(O)CN)CC(C)N1C. The van der Waals surface area contributed by atoms with Crippen LogP contribution in [0, 0.1) is 0 Å². The molecular weight excluding hydrogens is 190 g/mol. The van der Waals surface area contributed by atoms with Gasteiger partial charge in [0.1, 0.15) is 0 Å². The van der Waals surface area contributed by atoms with Crippen molar-refractivity contribution in [1.29, 1.82) is 0 Å². The van der Waals surface area contributed by atoms with Crippen LogP contribution in [0.5, 0.6) is 0 Å². The molecule has 1 heterocycles. The maximum atomic E-state index is 9.93. The lowest BCUT2D eigenvalue weighted by atomic mass is 10.0. The monoisotopic (exact) mass is 215 g/mol. The highest BCUT2D eigenvalue weighted by molar-refractivity contribution is 4.87. The van der Waals surface area contributed by atoms with Crippen molar-refractivity contribution >= 4 is 0 Å². The summed E-state index contributed by atoms with van der Waals surface area (Å²) in [6.45, 7) is 9.27. The normalized spacial score (nSPS) is 34.0. The van der Waals surface area contributed by atoms with Gasteiger partial charge in [-0.2, -0.15) is 0 Å². The molecule has 0 amide bonds. The van der Waals surface area contributed by atoms with Gasteiger partial charge in [0, 0.05) is 38.3 Å². The van der Waals surface area contributed by atoms with Crippen molar-refractivity contribution in [2.24, 2.45) is 5.73 Å². The molecule has 3 unspecified atom stereocenters. The molecule has 1 saturated heterocycles. The van der Waals surface area contributed by atoms with Crippen LogP contribution in [0.15, 0.2) is 0 Å². The molecule has 15 heavy (non-hydrogen) atoms. The lowest BCUT2D eigenvalue weighted by Gasteiger charge is -2.44. The predicted octanol–water partition coefficient (Wildman–Crippen LogP) is -0.279. The number of hydrogen-bond donors (Lipinski definition) is 2. The number of hydrogen-bond acceptors (Lipinski definition) is 4. The van der Waals surface area contributed by atoms with Crippen LogP contribution < -0.4 is 5.73 Å². The van der Waals surface area contributed by atoms with Crippen LogP contribution in [0.4, 0.5) is 0 Å². The molecule has 0 radical (unpaired) electrons. The Labute approximate surface area is 93.0 Å². The third-order valence-electron chi connectivity index (χ3n) is 3.44. The Bertz CT molecular complexity index is 196. The fourth-order valence-electron chi connectivity index (χ4n) is 2.19. The average molecular weight is 215 g/mol. The van der Waals surface area contributed by atoms with Crippen molar-refractivity contribution < 1.29 is 5.11 Å². The highest BCUT2D eigenvalue weighted by Gasteiger charge is 2.30. The highest BCUT2D eigenvalue weighted by Crippen LogP contribution is 2.15. The average Bonchev–Trinajstić information content (AvgIpc) is 2.13. The van der Waals surface area contributed by atoms with Gasteiger partial charge in [0.25, 0.3) is 0 Å². The summed E-state index contributed by atoms with van der Waals surface area (Å²) in [5.74, 6) is 0. The van der Waals surface area contributed by atoms with Crippen LogP contribution in [0.1, 0.15) is 20.8 Å². The minimum atomic E-state index is -0.755. The number of piperazine rings is 1. The summed E-state index contributed by atoms with van der Waals surface area (Å²) >= 11 is 0. The Kier molecular flexibility index (Phi) is 4.12. The van der Waals surface area contributed by atoms with E-state index in [4.69, 9.17) is 5.73 Å². The second-order valence-corrected chi connectivity index (χ2v) is 5.26. The fraction of sp³-hybridized carbons (Fsp3) is 1.00. The van der Waals surface area contributed by atoms with Crippen molar-refractivity contribution in [2.45, 2.75) is 38.5 Å². The summed E-state index contributed by atoms with van der Waals surface area (Å²) in [5.41, 5.74) is 4.78. The molecule has 4 nitrogen and oxygen atoms in total. The lowest BCUT2D eigenvalue weighted by Crippen LogP contribution is -2.58. The maximum Gasteiger partial charge on any atom is 0.0867 e. The molecule has 0 bridgehead atoms. The number of likely N-dealkylation sites (N-methyl/N-ethyl adjacent to an activating group) is 1. The molecule has 0 aromatic rings. The van der Waals surface area contributed by atoms with Crippen molar-refractivity contribution in [1.82, 2.24) is 9.80 Å². The largest absolute Gasteiger partial charge is 0.388 e. The summed E-state index contributed by atoms with van der Waals surface area (Å²) in [7, 11) is 2.16. The number of nitrogens with zero attached hydrogens (tertiary/aromatic N) is 2. The van der Waals surface area contributed by atoms with Gasteiger partial charge in [0.05, 0.1) is 5.60 Å². The number of rotatable bonds is 3. The van der Waals surface area contributed by atoms with E-state index in [9.17, 15) is 5.11 Å². The number of aliphatic hydroxyl groups is 1. The van der Waals surface area contributed by atoms with Crippen LogP contribution >= 0.6 is 0 Å². The van der Waals surface area contributed by atoms with Gasteiger partial charge in [-0.25, -0.2) is 0 Å². The van der Waals surface area contributed by atoms with Crippen molar-refractivity contribution in [3.63, 3.8) is 0 Å². The topological polar surface area (TPSA) is 52.7 Å². The number of β-amino-alcohol motifs (C(OH)–C–C–N with tert-alkyl or cyclic N) is 1. The Morgan fingerprint density at radius 1 is 1.33 bits per heavy atom. The van der Waals surface area contributed by atoms with E-state index in [-0.39, 0.29) is 0 Å². The molecule has 0 saturated carbocycles. The van der Waals surface area contributed by atoms with Crippen LogP contribution in [0.3, 0.4) is 0 Å². The molecule has 0 aliphatic carbocycles. The first kappa shape index (κ1) is 12.9. The van der Waals surface area contributed by atoms with Crippen LogP contribution in [-0.4, -0.2) is 65.8 Å². The summed E-state index contributed by atoms with van der Waals surface area (Å²) in [4.78, 5) is 4.69. The highest BCUT2D eigenvalue weighted by atomic mass is 16.3.